The summed E-state index contributed by atoms with van der Waals surface area (Å²) in [5.74, 6) is 0.997. The van der Waals surface area contributed by atoms with Gasteiger partial charge in [-0.25, -0.2) is 4.98 Å². The molecule has 3 nitrogen and oxygen atoms in total. The molecule has 6 heteroatoms. The van der Waals surface area contributed by atoms with Crippen LogP contribution in [0.25, 0.3) is 0 Å². The van der Waals surface area contributed by atoms with Gasteiger partial charge in [0.05, 0.1) is 5.02 Å². The largest absolute Gasteiger partial charge is 0.437 e. The summed E-state index contributed by atoms with van der Waals surface area (Å²) >= 11 is 12.8. The van der Waals surface area contributed by atoms with Gasteiger partial charge in [0.15, 0.2) is 0 Å². The Hall–Kier alpha value is -0.620. The average Bonchev–Trinajstić information content (AvgIpc) is 2.36. The Labute approximate surface area is 127 Å². The number of benzene rings is 1. The van der Waals surface area contributed by atoms with Gasteiger partial charge in [-0.2, -0.15) is 0 Å². The average molecular weight is 392 g/mol. The summed E-state index contributed by atoms with van der Waals surface area (Å²) in [6, 6.07) is 7.25. The van der Waals surface area contributed by atoms with E-state index in [1.807, 2.05) is 12.1 Å². The standard InChI is InChI=1S/C12H9Br2ClN2O/c13-8-1-2-10(15)11(4-8)18-12-7(5-16)3-9(14)6-17-12/h1-4,6H,5,16H2. The lowest BCUT2D eigenvalue weighted by atomic mass is 10.3. The van der Waals surface area contributed by atoms with Crippen LogP contribution in [0, 0.1) is 0 Å². The zero-order chi connectivity index (χ0) is 13.1. The van der Waals surface area contributed by atoms with E-state index in [1.165, 1.54) is 0 Å². The van der Waals surface area contributed by atoms with Gasteiger partial charge in [0.1, 0.15) is 5.75 Å². The molecular weight excluding hydrogens is 383 g/mol. The number of pyridine rings is 1. The first-order valence-corrected chi connectivity index (χ1v) is 7.04. The van der Waals surface area contributed by atoms with Crippen LogP contribution >= 0.6 is 43.5 Å². The van der Waals surface area contributed by atoms with Crippen molar-refractivity contribution in [3.05, 3.63) is 50.0 Å². The maximum Gasteiger partial charge on any atom is 0.223 e. The first kappa shape index (κ1) is 13.8. The van der Waals surface area contributed by atoms with E-state index < -0.39 is 0 Å². The van der Waals surface area contributed by atoms with Crippen molar-refractivity contribution >= 4 is 43.5 Å². The zero-order valence-corrected chi connectivity index (χ0v) is 13.1. The first-order chi connectivity index (χ1) is 8.60. The number of nitrogens with zero attached hydrogens (tertiary/aromatic N) is 1. The highest BCUT2D eigenvalue weighted by atomic mass is 79.9. The molecule has 2 rings (SSSR count). The molecule has 0 aliphatic heterocycles. The number of aromatic nitrogens is 1. The number of hydrogen-bond acceptors (Lipinski definition) is 3. The van der Waals surface area contributed by atoms with E-state index in [9.17, 15) is 0 Å². The molecule has 0 saturated heterocycles. The van der Waals surface area contributed by atoms with Crippen LogP contribution in [-0.2, 0) is 6.54 Å². The van der Waals surface area contributed by atoms with Crippen molar-refractivity contribution in [2.45, 2.75) is 6.54 Å². The molecule has 0 bridgehead atoms. The second-order valence-corrected chi connectivity index (χ2v) is 5.74. The monoisotopic (exact) mass is 390 g/mol. The summed E-state index contributed by atoms with van der Waals surface area (Å²) < 4.78 is 7.43. The minimum Gasteiger partial charge on any atom is -0.437 e. The summed E-state index contributed by atoms with van der Waals surface area (Å²) in [6.07, 6.45) is 1.65. The Morgan fingerprint density at radius 1 is 1.22 bits per heavy atom. The minimum atomic E-state index is 0.341. The van der Waals surface area contributed by atoms with Gasteiger partial charge in [-0.05, 0) is 40.2 Å². The van der Waals surface area contributed by atoms with E-state index in [4.69, 9.17) is 22.1 Å². The number of nitrogens with two attached hydrogens (primary N) is 1. The molecule has 0 fully saturated rings. The molecule has 1 aromatic carbocycles. The summed E-state index contributed by atoms with van der Waals surface area (Å²) in [6.45, 7) is 0.341. The lowest BCUT2D eigenvalue weighted by Crippen LogP contribution is -2.01. The van der Waals surface area contributed by atoms with Gasteiger partial charge >= 0.3 is 0 Å². The summed E-state index contributed by atoms with van der Waals surface area (Å²) in [7, 11) is 0. The Balaban J connectivity index is 2.36. The second kappa shape index (κ2) is 6.02. The first-order valence-electron chi connectivity index (χ1n) is 5.07. The van der Waals surface area contributed by atoms with Gasteiger partial charge in [-0.3, -0.25) is 0 Å². The van der Waals surface area contributed by atoms with Crippen molar-refractivity contribution in [3.8, 4) is 11.6 Å². The third kappa shape index (κ3) is 3.23. The molecule has 1 aromatic heterocycles. The third-order valence-corrected chi connectivity index (χ3v) is 3.45. The molecule has 0 aliphatic rings. The van der Waals surface area contributed by atoms with Crippen molar-refractivity contribution in [2.24, 2.45) is 5.73 Å². The molecular formula is C12H9Br2ClN2O. The van der Waals surface area contributed by atoms with Crippen molar-refractivity contribution in [1.29, 1.82) is 0 Å². The molecule has 2 aromatic rings. The lowest BCUT2D eigenvalue weighted by molar-refractivity contribution is 0.456. The predicted octanol–water partition coefficient (Wildman–Crippen LogP) is 4.51. The SMILES string of the molecule is NCc1cc(Br)cnc1Oc1cc(Br)ccc1Cl. The van der Waals surface area contributed by atoms with Crippen LogP contribution < -0.4 is 10.5 Å². The molecule has 0 amide bonds. The van der Waals surface area contributed by atoms with Crippen LogP contribution in [-0.4, -0.2) is 4.98 Å². The normalized spacial score (nSPS) is 10.4. The topological polar surface area (TPSA) is 48.1 Å². The molecule has 1 heterocycles. The third-order valence-electron chi connectivity index (χ3n) is 2.21. The molecule has 2 N–H and O–H groups in total. The molecule has 0 unspecified atom stereocenters. The fraction of sp³-hybridized carbons (Fsp3) is 0.0833. The van der Waals surface area contributed by atoms with Gasteiger partial charge < -0.3 is 10.5 Å². The van der Waals surface area contributed by atoms with Crippen LogP contribution in [0.5, 0.6) is 11.6 Å². The fourth-order valence-electron chi connectivity index (χ4n) is 1.37. The number of hydrogen-bond donors (Lipinski definition) is 1. The number of ether oxygens (including phenoxy) is 1. The molecule has 0 spiro atoms. The van der Waals surface area contributed by atoms with Gasteiger partial charge in [0, 0.05) is 27.3 Å². The van der Waals surface area contributed by atoms with Gasteiger partial charge in [0.2, 0.25) is 5.88 Å². The van der Waals surface area contributed by atoms with Gasteiger partial charge in [-0.15, -0.1) is 0 Å². The molecule has 0 atom stereocenters. The molecule has 0 aliphatic carbocycles. The highest BCUT2D eigenvalue weighted by Gasteiger charge is 2.09. The minimum absolute atomic E-state index is 0.341. The summed E-state index contributed by atoms with van der Waals surface area (Å²) in [4.78, 5) is 4.19. The summed E-state index contributed by atoms with van der Waals surface area (Å²) in [5.41, 5.74) is 6.46. The highest BCUT2D eigenvalue weighted by molar-refractivity contribution is 9.10. The maximum absolute atomic E-state index is 6.06. The molecule has 0 radical (unpaired) electrons. The van der Waals surface area contributed by atoms with Crippen molar-refractivity contribution in [3.63, 3.8) is 0 Å². The number of halogens is 3. The van der Waals surface area contributed by atoms with Crippen LogP contribution in [0.3, 0.4) is 0 Å². The quantitative estimate of drug-likeness (QED) is 0.836. The molecule has 18 heavy (non-hydrogen) atoms. The highest BCUT2D eigenvalue weighted by Crippen LogP contribution is 2.33. The van der Waals surface area contributed by atoms with Crippen molar-refractivity contribution in [2.75, 3.05) is 0 Å². The van der Waals surface area contributed by atoms with E-state index in [2.05, 4.69) is 36.8 Å². The van der Waals surface area contributed by atoms with Crippen LogP contribution in [0.4, 0.5) is 0 Å². The summed E-state index contributed by atoms with van der Waals surface area (Å²) in [5, 5.41) is 0.519. The second-order valence-electron chi connectivity index (χ2n) is 3.50. The van der Waals surface area contributed by atoms with Crippen LogP contribution in [0.2, 0.25) is 5.02 Å². The Bertz CT molecular complexity index is 578. The van der Waals surface area contributed by atoms with E-state index in [-0.39, 0.29) is 0 Å². The van der Waals surface area contributed by atoms with Crippen LogP contribution in [0.1, 0.15) is 5.56 Å². The Morgan fingerprint density at radius 3 is 2.72 bits per heavy atom. The van der Waals surface area contributed by atoms with E-state index in [0.29, 0.717) is 23.2 Å². The Morgan fingerprint density at radius 2 is 2.00 bits per heavy atom. The molecule has 0 saturated carbocycles. The lowest BCUT2D eigenvalue weighted by Gasteiger charge is -2.10. The zero-order valence-electron chi connectivity index (χ0n) is 9.16. The van der Waals surface area contributed by atoms with E-state index in [1.54, 1.807) is 18.3 Å². The van der Waals surface area contributed by atoms with Crippen molar-refractivity contribution < 1.29 is 4.74 Å². The van der Waals surface area contributed by atoms with Gasteiger partial charge in [0.25, 0.3) is 0 Å². The number of rotatable bonds is 3. The van der Waals surface area contributed by atoms with E-state index in [0.717, 1.165) is 14.5 Å². The molecule has 94 valence electrons. The van der Waals surface area contributed by atoms with Crippen molar-refractivity contribution in [1.82, 2.24) is 4.98 Å². The Kier molecular flexibility index (Phi) is 4.61. The smallest absolute Gasteiger partial charge is 0.223 e. The van der Waals surface area contributed by atoms with Gasteiger partial charge in [-0.1, -0.05) is 27.5 Å². The predicted molar refractivity (Wildman–Crippen MR) is 79.1 cm³/mol. The maximum atomic E-state index is 6.06. The van der Waals surface area contributed by atoms with E-state index >= 15 is 0 Å². The fourth-order valence-corrected chi connectivity index (χ4v) is 2.24. The van der Waals surface area contributed by atoms with Crippen LogP contribution in [0.15, 0.2) is 39.4 Å².